The van der Waals surface area contributed by atoms with Crippen LogP contribution in [0.15, 0.2) is 21.5 Å². The lowest BCUT2D eigenvalue weighted by atomic mass is 10.2. The summed E-state index contributed by atoms with van der Waals surface area (Å²) >= 11 is 3.21. The molecule has 0 saturated carbocycles. The van der Waals surface area contributed by atoms with Crippen LogP contribution in [-0.4, -0.2) is 41.6 Å². The molecule has 9 heteroatoms. The molecule has 0 bridgehead atoms. The predicted molar refractivity (Wildman–Crippen MR) is 90.3 cm³/mol. The lowest BCUT2D eigenvalue weighted by Gasteiger charge is -2.13. The summed E-state index contributed by atoms with van der Waals surface area (Å²) in [6.07, 6.45) is 0. The van der Waals surface area contributed by atoms with Crippen LogP contribution in [-0.2, 0) is 14.8 Å². The second-order valence-electron chi connectivity index (χ2n) is 4.98. The van der Waals surface area contributed by atoms with Crippen LogP contribution in [0.2, 0.25) is 0 Å². The summed E-state index contributed by atoms with van der Waals surface area (Å²) in [5.41, 5.74) is 0. The van der Waals surface area contributed by atoms with Crippen molar-refractivity contribution in [1.29, 1.82) is 0 Å². The second-order valence-corrected chi connectivity index (χ2v) is 7.57. The minimum absolute atomic E-state index is 0.0327. The molecule has 7 nitrogen and oxygen atoms in total. The summed E-state index contributed by atoms with van der Waals surface area (Å²) in [7, 11) is -0.856. The lowest BCUT2D eigenvalue weighted by Crippen LogP contribution is -2.36. The minimum Gasteiger partial charge on any atom is -0.493 e. The molecule has 1 amide bonds. The highest BCUT2D eigenvalue weighted by molar-refractivity contribution is 9.10. The van der Waals surface area contributed by atoms with Crippen molar-refractivity contribution in [3.63, 3.8) is 0 Å². The molecule has 1 rings (SSSR count). The number of methoxy groups -OCH3 is 2. The summed E-state index contributed by atoms with van der Waals surface area (Å²) in [4.78, 5) is 11.5. The fraction of sp³-hybridized carbons (Fsp3) is 0.500. The van der Waals surface area contributed by atoms with E-state index in [4.69, 9.17) is 9.47 Å². The van der Waals surface area contributed by atoms with E-state index in [-0.39, 0.29) is 29.8 Å². The zero-order chi connectivity index (χ0) is 17.6. The van der Waals surface area contributed by atoms with Crippen molar-refractivity contribution in [3.05, 3.63) is 16.6 Å². The number of benzene rings is 1. The molecule has 2 N–H and O–H groups in total. The molecule has 0 heterocycles. The highest BCUT2D eigenvalue weighted by Crippen LogP contribution is 2.35. The van der Waals surface area contributed by atoms with Crippen molar-refractivity contribution >= 4 is 31.9 Å². The van der Waals surface area contributed by atoms with E-state index in [1.807, 2.05) is 0 Å². The van der Waals surface area contributed by atoms with Crippen LogP contribution in [0.25, 0.3) is 0 Å². The average Bonchev–Trinajstić information content (AvgIpc) is 2.50. The van der Waals surface area contributed by atoms with Gasteiger partial charge in [0.2, 0.25) is 15.9 Å². The van der Waals surface area contributed by atoms with E-state index in [1.165, 1.54) is 26.4 Å². The fourth-order valence-electron chi connectivity index (χ4n) is 1.69. The molecule has 0 fully saturated rings. The number of halogens is 1. The number of carbonyl (C=O) groups excluding carboxylic acids is 1. The number of amides is 1. The van der Waals surface area contributed by atoms with E-state index < -0.39 is 10.0 Å². The van der Waals surface area contributed by atoms with Gasteiger partial charge in [-0.15, -0.1) is 0 Å². The maximum atomic E-state index is 12.3. The first-order chi connectivity index (χ1) is 10.7. The van der Waals surface area contributed by atoms with Gasteiger partial charge >= 0.3 is 0 Å². The van der Waals surface area contributed by atoms with Crippen molar-refractivity contribution in [2.75, 3.05) is 27.3 Å². The van der Waals surface area contributed by atoms with Crippen molar-refractivity contribution in [3.8, 4) is 11.5 Å². The number of hydrogen-bond donors (Lipinski definition) is 2. The third-order valence-corrected chi connectivity index (χ3v) is 5.39. The highest BCUT2D eigenvalue weighted by Gasteiger charge is 2.21. The number of hydrogen-bond acceptors (Lipinski definition) is 5. The number of ether oxygens (including phenoxy) is 2. The van der Waals surface area contributed by atoms with E-state index in [1.54, 1.807) is 13.8 Å². The van der Waals surface area contributed by atoms with Crippen LogP contribution >= 0.6 is 15.9 Å². The molecule has 0 aliphatic carbocycles. The molecule has 0 spiro atoms. The van der Waals surface area contributed by atoms with E-state index in [9.17, 15) is 13.2 Å². The summed E-state index contributed by atoms with van der Waals surface area (Å²) in [6.45, 7) is 3.82. The first-order valence-electron chi connectivity index (χ1n) is 6.91. The Morgan fingerprint density at radius 1 is 1.17 bits per heavy atom. The molecule has 0 saturated heterocycles. The highest BCUT2D eigenvalue weighted by atomic mass is 79.9. The second kappa shape index (κ2) is 8.51. The maximum Gasteiger partial charge on any atom is 0.241 e. The molecule has 130 valence electrons. The minimum atomic E-state index is -3.75. The van der Waals surface area contributed by atoms with E-state index in [0.717, 1.165) is 0 Å². The smallest absolute Gasteiger partial charge is 0.241 e. The molecule has 0 atom stereocenters. The Morgan fingerprint density at radius 2 is 1.74 bits per heavy atom. The van der Waals surface area contributed by atoms with Crippen LogP contribution in [0.3, 0.4) is 0 Å². The lowest BCUT2D eigenvalue weighted by molar-refractivity contribution is -0.123. The van der Waals surface area contributed by atoms with Gasteiger partial charge < -0.3 is 14.8 Å². The zero-order valence-corrected chi connectivity index (χ0v) is 15.9. The van der Waals surface area contributed by atoms with Gasteiger partial charge in [-0.3, -0.25) is 4.79 Å². The third kappa shape index (κ3) is 5.36. The standard InChI is InChI=1S/C14H21BrN2O5S/c1-9(2)14(18)16-5-6-17-23(19,20)13-8-12(22-4)11(21-3)7-10(13)15/h7-9,17H,5-6H2,1-4H3,(H,16,18). The average molecular weight is 409 g/mol. The van der Waals surface area contributed by atoms with Crippen molar-refractivity contribution in [2.45, 2.75) is 18.7 Å². The maximum absolute atomic E-state index is 12.3. The van der Waals surface area contributed by atoms with Gasteiger partial charge in [-0.25, -0.2) is 13.1 Å². The molecule has 0 aliphatic rings. The molecule has 0 radical (unpaired) electrons. The molecular weight excluding hydrogens is 388 g/mol. The predicted octanol–water partition coefficient (Wildman–Crippen LogP) is 1.52. The van der Waals surface area contributed by atoms with Gasteiger partial charge in [-0.2, -0.15) is 0 Å². The Bertz CT molecular complexity index is 661. The van der Waals surface area contributed by atoms with E-state index in [2.05, 4.69) is 26.0 Å². The summed E-state index contributed by atoms with van der Waals surface area (Å²) < 4.78 is 37.7. The van der Waals surface area contributed by atoms with Gasteiger partial charge in [0.1, 0.15) is 4.90 Å². The molecular formula is C14H21BrN2O5S. The van der Waals surface area contributed by atoms with Gasteiger partial charge in [0.25, 0.3) is 0 Å². The molecule has 1 aromatic carbocycles. The first kappa shape index (κ1) is 19.7. The number of sulfonamides is 1. The van der Waals surface area contributed by atoms with Crippen LogP contribution in [0, 0.1) is 5.92 Å². The van der Waals surface area contributed by atoms with Crippen LogP contribution in [0.1, 0.15) is 13.8 Å². The van der Waals surface area contributed by atoms with Gasteiger partial charge in [0.15, 0.2) is 11.5 Å². The number of nitrogens with one attached hydrogen (secondary N) is 2. The Morgan fingerprint density at radius 3 is 2.26 bits per heavy atom. The van der Waals surface area contributed by atoms with Gasteiger partial charge in [0.05, 0.1) is 14.2 Å². The number of carbonyl (C=O) groups is 1. The summed E-state index contributed by atoms with van der Waals surface area (Å²) in [5.74, 6) is 0.454. The molecule has 23 heavy (non-hydrogen) atoms. The van der Waals surface area contributed by atoms with Crippen molar-refractivity contribution in [1.82, 2.24) is 10.0 Å². The van der Waals surface area contributed by atoms with E-state index >= 15 is 0 Å². The van der Waals surface area contributed by atoms with Crippen LogP contribution in [0.5, 0.6) is 11.5 Å². The van der Waals surface area contributed by atoms with Gasteiger partial charge in [-0.05, 0) is 22.0 Å². The Kier molecular flexibility index (Phi) is 7.30. The van der Waals surface area contributed by atoms with Crippen LogP contribution < -0.4 is 19.5 Å². The van der Waals surface area contributed by atoms with Gasteiger partial charge in [-0.1, -0.05) is 13.8 Å². The SMILES string of the molecule is COc1cc(Br)c(S(=O)(=O)NCCNC(=O)C(C)C)cc1OC. The number of rotatable bonds is 8. The van der Waals surface area contributed by atoms with Crippen LogP contribution in [0.4, 0.5) is 0 Å². The fourth-order valence-corrected chi connectivity index (χ4v) is 3.76. The molecule has 0 aromatic heterocycles. The summed E-state index contributed by atoms with van der Waals surface area (Å²) in [5, 5.41) is 2.64. The Balaban J connectivity index is 2.82. The Labute approximate surface area is 144 Å². The monoisotopic (exact) mass is 408 g/mol. The summed E-state index contributed by atoms with van der Waals surface area (Å²) in [6, 6.07) is 2.89. The molecule has 0 unspecified atom stereocenters. The first-order valence-corrected chi connectivity index (χ1v) is 9.19. The molecule has 0 aliphatic heterocycles. The Hall–Kier alpha value is -1.32. The quantitative estimate of drug-likeness (QED) is 0.635. The van der Waals surface area contributed by atoms with Gasteiger partial charge in [0, 0.05) is 29.5 Å². The van der Waals surface area contributed by atoms with E-state index in [0.29, 0.717) is 16.0 Å². The molecule has 1 aromatic rings. The third-order valence-electron chi connectivity index (χ3n) is 2.97. The zero-order valence-electron chi connectivity index (χ0n) is 13.5. The largest absolute Gasteiger partial charge is 0.493 e. The normalized spacial score (nSPS) is 11.4. The topological polar surface area (TPSA) is 93.7 Å². The van der Waals surface area contributed by atoms with Crippen molar-refractivity contribution < 1.29 is 22.7 Å². The van der Waals surface area contributed by atoms with Crippen molar-refractivity contribution in [2.24, 2.45) is 5.92 Å².